The molecule has 1 aromatic carbocycles. The number of benzene rings is 1. The molecule has 0 aliphatic heterocycles. The van der Waals surface area contributed by atoms with Gasteiger partial charge in [0.1, 0.15) is 16.7 Å². The first kappa shape index (κ1) is 13.1. The number of furan rings is 1. The van der Waals surface area contributed by atoms with Gasteiger partial charge < -0.3 is 10.2 Å². The van der Waals surface area contributed by atoms with Gasteiger partial charge in [0.25, 0.3) is 0 Å². The van der Waals surface area contributed by atoms with Gasteiger partial charge in [-0.05, 0) is 24.1 Å². The van der Waals surface area contributed by atoms with Gasteiger partial charge in [-0.15, -0.1) is 0 Å². The highest BCUT2D eigenvalue weighted by Crippen LogP contribution is 2.29. The van der Waals surface area contributed by atoms with E-state index in [0.717, 1.165) is 0 Å². The van der Waals surface area contributed by atoms with Gasteiger partial charge >= 0.3 is 0 Å². The molecule has 0 atom stereocenters. The van der Waals surface area contributed by atoms with Crippen molar-refractivity contribution in [3.05, 3.63) is 30.5 Å². The maximum absolute atomic E-state index is 12.4. The lowest BCUT2D eigenvalue weighted by atomic mass is 9.97. The molecule has 18 heavy (non-hydrogen) atoms. The van der Waals surface area contributed by atoms with Crippen LogP contribution in [-0.2, 0) is 9.84 Å². The molecule has 0 aliphatic carbocycles. The van der Waals surface area contributed by atoms with E-state index in [1.807, 2.05) is 19.9 Å². The second-order valence-corrected chi connectivity index (χ2v) is 7.18. The van der Waals surface area contributed by atoms with Gasteiger partial charge in [0.2, 0.25) is 0 Å². The molecule has 0 spiro atoms. The molecule has 2 aromatic rings. The molecule has 0 aliphatic rings. The quantitative estimate of drug-likeness (QED) is 0.921. The van der Waals surface area contributed by atoms with Crippen LogP contribution in [0.3, 0.4) is 0 Å². The molecule has 1 aromatic heterocycles. The molecule has 98 valence electrons. The van der Waals surface area contributed by atoms with Gasteiger partial charge in [0.15, 0.2) is 9.84 Å². The summed E-state index contributed by atoms with van der Waals surface area (Å²) in [6.07, 6.45) is 1.31. The molecule has 0 saturated carbocycles. The number of para-hydroxylation sites is 1. The van der Waals surface area contributed by atoms with E-state index < -0.39 is 15.3 Å². The molecule has 0 bridgehead atoms. The Morgan fingerprint density at radius 2 is 1.94 bits per heavy atom. The van der Waals surface area contributed by atoms with Crippen LogP contribution in [0.25, 0.3) is 11.0 Å². The first-order chi connectivity index (χ1) is 8.36. The van der Waals surface area contributed by atoms with Crippen molar-refractivity contribution in [2.45, 2.75) is 18.7 Å². The average molecular weight is 267 g/mol. The van der Waals surface area contributed by atoms with E-state index in [4.69, 9.17) is 10.2 Å². The van der Waals surface area contributed by atoms with Gasteiger partial charge in [-0.3, -0.25) is 0 Å². The zero-order valence-corrected chi connectivity index (χ0v) is 11.3. The van der Waals surface area contributed by atoms with Crippen LogP contribution in [0.1, 0.15) is 13.8 Å². The fourth-order valence-electron chi connectivity index (χ4n) is 1.85. The highest BCUT2D eigenvalue weighted by atomic mass is 32.2. The van der Waals surface area contributed by atoms with Crippen LogP contribution < -0.4 is 5.73 Å². The molecule has 2 rings (SSSR count). The summed E-state index contributed by atoms with van der Waals surface area (Å²) in [4.78, 5) is 0.250. The summed E-state index contributed by atoms with van der Waals surface area (Å²) in [5, 5.41) is 0.630. The fourth-order valence-corrected chi connectivity index (χ4v) is 3.85. The van der Waals surface area contributed by atoms with E-state index in [2.05, 4.69) is 0 Å². The number of fused-ring (bicyclic) bond motifs is 1. The monoisotopic (exact) mass is 267 g/mol. The van der Waals surface area contributed by atoms with Crippen molar-refractivity contribution in [3.63, 3.8) is 0 Å². The van der Waals surface area contributed by atoms with E-state index in [1.165, 1.54) is 6.26 Å². The number of hydrogen-bond donors (Lipinski definition) is 1. The van der Waals surface area contributed by atoms with Crippen LogP contribution in [0.15, 0.2) is 39.8 Å². The van der Waals surface area contributed by atoms with Crippen LogP contribution in [0, 0.1) is 5.41 Å². The van der Waals surface area contributed by atoms with Gasteiger partial charge in [0, 0.05) is 5.39 Å². The topological polar surface area (TPSA) is 73.3 Å². The van der Waals surface area contributed by atoms with Crippen molar-refractivity contribution < 1.29 is 12.8 Å². The Balaban J connectivity index is 2.48. The zero-order valence-electron chi connectivity index (χ0n) is 10.5. The van der Waals surface area contributed by atoms with E-state index in [9.17, 15) is 8.42 Å². The summed E-state index contributed by atoms with van der Waals surface area (Å²) in [5.74, 6) is 0.0139. The molecule has 0 amide bonds. The highest BCUT2D eigenvalue weighted by Gasteiger charge is 2.28. The number of nitrogens with two attached hydrogens (primary N) is 1. The Hall–Kier alpha value is -1.33. The summed E-state index contributed by atoms with van der Waals surface area (Å²) in [6, 6.07) is 7.11. The molecule has 0 fully saturated rings. The summed E-state index contributed by atoms with van der Waals surface area (Å²) in [7, 11) is -3.39. The molecular weight excluding hydrogens is 250 g/mol. The highest BCUT2D eigenvalue weighted by molar-refractivity contribution is 7.91. The van der Waals surface area contributed by atoms with E-state index in [0.29, 0.717) is 17.5 Å². The third-order valence-electron chi connectivity index (χ3n) is 2.91. The fraction of sp³-hybridized carbons (Fsp3) is 0.385. The lowest BCUT2D eigenvalue weighted by Crippen LogP contribution is -2.31. The Kier molecular flexibility index (Phi) is 3.21. The van der Waals surface area contributed by atoms with Crippen molar-refractivity contribution in [2.24, 2.45) is 11.1 Å². The molecule has 1 heterocycles. The number of rotatable bonds is 4. The predicted octanol–water partition coefficient (Wildman–Crippen LogP) is 2.19. The van der Waals surface area contributed by atoms with Gasteiger partial charge in [-0.1, -0.05) is 26.0 Å². The van der Waals surface area contributed by atoms with Crippen LogP contribution in [0.4, 0.5) is 0 Å². The summed E-state index contributed by atoms with van der Waals surface area (Å²) in [5.41, 5.74) is 5.73. The molecule has 0 saturated heterocycles. The van der Waals surface area contributed by atoms with E-state index >= 15 is 0 Å². The largest absolute Gasteiger partial charge is 0.463 e. The molecule has 0 radical (unpaired) electrons. The third kappa shape index (κ3) is 2.42. The van der Waals surface area contributed by atoms with Crippen LogP contribution in [0.2, 0.25) is 0 Å². The number of sulfone groups is 1. The summed E-state index contributed by atoms with van der Waals surface area (Å²) >= 11 is 0. The maximum Gasteiger partial charge on any atom is 0.182 e. The normalized spacial score (nSPS) is 13.1. The second kappa shape index (κ2) is 4.40. The average Bonchev–Trinajstić information content (AvgIpc) is 2.72. The molecule has 0 unspecified atom stereocenters. The van der Waals surface area contributed by atoms with Crippen molar-refractivity contribution in [1.82, 2.24) is 0 Å². The predicted molar refractivity (Wildman–Crippen MR) is 71.1 cm³/mol. The Bertz CT molecular complexity index is 656. The van der Waals surface area contributed by atoms with Gasteiger partial charge in [-0.2, -0.15) is 0 Å². The number of hydrogen-bond acceptors (Lipinski definition) is 4. The lowest BCUT2D eigenvalue weighted by molar-refractivity contribution is 0.425. The van der Waals surface area contributed by atoms with Gasteiger partial charge in [0.05, 0.1) is 5.75 Å². The van der Waals surface area contributed by atoms with Crippen molar-refractivity contribution in [2.75, 3.05) is 12.3 Å². The van der Waals surface area contributed by atoms with Crippen LogP contribution >= 0.6 is 0 Å². The standard InChI is InChI=1S/C13H17NO3S/c1-13(2,8-14)9-18(15,16)12-7-17-11-6-4-3-5-10(11)12/h3-7H,8-9,14H2,1-2H3. The minimum Gasteiger partial charge on any atom is -0.463 e. The second-order valence-electron chi connectivity index (χ2n) is 5.22. The van der Waals surface area contributed by atoms with Gasteiger partial charge in [-0.25, -0.2) is 8.42 Å². The zero-order chi connectivity index (χ0) is 13.4. The summed E-state index contributed by atoms with van der Waals surface area (Å²) in [6.45, 7) is 4.00. The maximum atomic E-state index is 12.4. The summed E-state index contributed by atoms with van der Waals surface area (Å²) < 4.78 is 30.0. The minimum atomic E-state index is -3.39. The Morgan fingerprint density at radius 3 is 2.61 bits per heavy atom. The van der Waals surface area contributed by atoms with Crippen molar-refractivity contribution in [3.8, 4) is 0 Å². The van der Waals surface area contributed by atoms with E-state index in [1.54, 1.807) is 18.2 Å². The molecule has 2 N–H and O–H groups in total. The van der Waals surface area contributed by atoms with Crippen LogP contribution in [-0.4, -0.2) is 20.7 Å². The molecule has 5 heteroatoms. The van der Waals surface area contributed by atoms with E-state index in [-0.39, 0.29) is 10.6 Å². The molecule has 4 nitrogen and oxygen atoms in total. The Labute approximate surface area is 107 Å². The van der Waals surface area contributed by atoms with Crippen LogP contribution in [0.5, 0.6) is 0 Å². The smallest absolute Gasteiger partial charge is 0.182 e. The first-order valence-electron chi connectivity index (χ1n) is 5.75. The van der Waals surface area contributed by atoms with Crippen molar-refractivity contribution in [1.29, 1.82) is 0 Å². The Morgan fingerprint density at radius 1 is 1.28 bits per heavy atom. The van der Waals surface area contributed by atoms with Crippen molar-refractivity contribution >= 4 is 20.8 Å². The first-order valence-corrected chi connectivity index (χ1v) is 7.40. The molecular formula is C13H17NO3S. The third-order valence-corrected chi connectivity index (χ3v) is 5.06. The minimum absolute atomic E-state index is 0.0139. The SMILES string of the molecule is CC(C)(CN)CS(=O)(=O)c1coc2ccccc12. The lowest BCUT2D eigenvalue weighted by Gasteiger charge is -2.21.